The smallest absolute Gasteiger partial charge is 0.445 e. The summed E-state index contributed by atoms with van der Waals surface area (Å²) < 4.78 is 32.7. The number of nitrogens with one attached hydrogen (secondary N) is 5. The van der Waals surface area contributed by atoms with Crippen molar-refractivity contribution in [3.05, 3.63) is 167 Å². The lowest BCUT2D eigenvalue weighted by molar-refractivity contribution is -0.123. The number of rotatable bonds is 19. The zero-order valence-electron chi connectivity index (χ0n) is 30.9. The highest BCUT2D eigenvalue weighted by Gasteiger charge is 2.43. The van der Waals surface area contributed by atoms with Crippen molar-refractivity contribution in [1.82, 2.24) is 16.0 Å². The van der Waals surface area contributed by atoms with E-state index in [-0.39, 0.29) is 48.3 Å². The maximum absolute atomic E-state index is 15.2. The van der Waals surface area contributed by atoms with Crippen molar-refractivity contribution >= 4 is 37.2 Å². The zero-order valence-corrected chi connectivity index (χ0v) is 31.8. The lowest BCUT2D eigenvalue weighted by Crippen LogP contribution is -2.48. The fraction of sp³-hybridized carbons (Fsp3) is 0.167. The van der Waals surface area contributed by atoms with Gasteiger partial charge in [0.25, 0.3) is 5.91 Å². The van der Waals surface area contributed by atoms with Crippen LogP contribution in [-0.2, 0) is 20.7 Å². The van der Waals surface area contributed by atoms with Crippen LogP contribution >= 0.6 is 7.60 Å². The summed E-state index contributed by atoms with van der Waals surface area (Å²) >= 11 is 0. The van der Waals surface area contributed by atoms with Gasteiger partial charge in [0.1, 0.15) is 35.8 Å². The van der Waals surface area contributed by atoms with Gasteiger partial charge in [0.2, 0.25) is 5.91 Å². The van der Waals surface area contributed by atoms with Gasteiger partial charge in [-0.15, -0.1) is 0 Å². The minimum Gasteiger partial charge on any atom is -0.445 e. The minimum absolute atomic E-state index is 0.110. The zero-order chi connectivity index (χ0) is 40.6. The third-order valence-corrected chi connectivity index (χ3v) is 10.6. The standard InChI is InChI=1S/C42H44N7O7P/c43-37(44)30-19-23-32(24-20-30)39(50)48-36(18-10-11-27-47-42(52)54-28-29-12-4-1-5-13-29)40(51)49-41(33-25-21-31(22-26-33)38(45)46)57(53,55-34-14-6-2-7-15-34)56-35-16-8-3-9-17-35/h1-9,12-17,19-26,36,41H,10-11,18,27-28H2,(H3,43,44)(H3,45,46)(H,47,52)(H,48,50)(H,49,51)/t36-,41-/m0/s1. The van der Waals surface area contributed by atoms with Gasteiger partial charge in [-0.2, -0.15) is 0 Å². The Morgan fingerprint density at radius 3 is 1.65 bits per heavy atom. The Hall–Kier alpha value is -6.92. The van der Waals surface area contributed by atoms with E-state index in [4.69, 9.17) is 36.1 Å². The normalized spacial score (nSPS) is 11.9. The highest BCUT2D eigenvalue weighted by atomic mass is 31.2. The van der Waals surface area contributed by atoms with E-state index < -0.39 is 37.3 Å². The molecule has 9 N–H and O–H groups in total. The fourth-order valence-corrected chi connectivity index (χ4v) is 7.46. The Balaban J connectivity index is 1.40. The highest BCUT2D eigenvalue weighted by Crippen LogP contribution is 2.59. The third kappa shape index (κ3) is 12.3. The Labute approximate surface area is 330 Å². The molecule has 5 aromatic rings. The molecule has 2 atom stereocenters. The van der Waals surface area contributed by atoms with Crippen LogP contribution in [0.15, 0.2) is 140 Å². The molecular weight excluding hydrogens is 745 g/mol. The number of carbonyl (C=O) groups is 3. The lowest BCUT2D eigenvalue weighted by Gasteiger charge is -2.30. The predicted octanol–water partition coefficient (Wildman–Crippen LogP) is 6.62. The molecule has 0 fully saturated rings. The van der Waals surface area contributed by atoms with Crippen molar-refractivity contribution in [2.75, 3.05) is 6.54 Å². The molecule has 0 aliphatic heterocycles. The average Bonchev–Trinajstić information content (AvgIpc) is 3.22. The second-order valence-electron chi connectivity index (χ2n) is 12.8. The Kier molecular flexibility index (Phi) is 14.6. The van der Waals surface area contributed by atoms with Crippen molar-refractivity contribution in [2.45, 2.75) is 37.7 Å². The topological polar surface area (TPSA) is 232 Å². The largest absolute Gasteiger partial charge is 0.457 e. The van der Waals surface area contributed by atoms with E-state index in [1.165, 1.54) is 24.3 Å². The monoisotopic (exact) mass is 789 g/mol. The van der Waals surface area contributed by atoms with Gasteiger partial charge < -0.3 is 41.2 Å². The second-order valence-corrected chi connectivity index (χ2v) is 14.8. The molecule has 0 saturated heterocycles. The number of ether oxygens (including phenoxy) is 1. The van der Waals surface area contributed by atoms with Crippen molar-refractivity contribution in [1.29, 1.82) is 10.8 Å². The maximum atomic E-state index is 15.2. The number of alkyl carbamates (subject to hydrolysis) is 1. The summed E-state index contributed by atoms with van der Waals surface area (Å²) in [5, 5.41) is 23.9. The van der Waals surface area contributed by atoms with Crippen molar-refractivity contribution in [2.24, 2.45) is 11.5 Å². The van der Waals surface area contributed by atoms with Crippen molar-refractivity contribution in [3.63, 3.8) is 0 Å². The van der Waals surface area contributed by atoms with Gasteiger partial charge in [-0.1, -0.05) is 103 Å². The molecule has 294 valence electrons. The van der Waals surface area contributed by atoms with Gasteiger partial charge in [0.15, 0.2) is 5.78 Å². The first-order chi connectivity index (χ1) is 27.5. The van der Waals surface area contributed by atoms with Gasteiger partial charge in [0, 0.05) is 23.2 Å². The van der Waals surface area contributed by atoms with Crippen LogP contribution in [0.5, 0.6) is 11.5 Å². The van der Waals surface area contributed by atoms with Crippen LogP contribution in [0.2, 0.25) is 0 Å². The summed E-state index contributed by atoms with van der Waals surface area (Å²) in [7, 11) is -4.43. The molecule has 0 radical (unpaired) electrons. The quantitative estimate of drug-likeness (QED) is 0.0206. The Morgan fingerprint density at radius 2 is 1.12 bits per heavy atom. The number of nitrogen functional groups attached to an aromatic ring is 2. The number of carbonyl (C=O) groups excluding carboxylic acids is 3. The molecule has 15 heteroatoms. The number of unbranched alkanes of at least 4 members (excludes halogenated alkanes) is 1. The van der Waals surface area contributed by atoms with E-state index >= 15 is 4.57 Å². The van der Waals surface area contributed by atoms with Crippen LogP contribution < -0.4 is 36.5 Å². The van der Waals surface area contributed by atoms with E-state index in [2.05, 4.69) is 16.0 Å². The Bertz CT molecular complexity index is 2130. The van der Waals surface area contributed by atoms with Gasteiger partial charge in [-0.05, 0) is 66.8 Å². The SMILES string of the molecule is N=C(N)c1ccc(C(=O)N[C@@H](CCCCNC(=O)OCc2ccccc2)C(=O)N[C@H](c2ccc(C(=N)N)cc2)P(=O)(Oc2ccccc2)Oc2ccccc2)cc1. The summed E-state index contributed by atoms with van der Waals surface area (Å²) in [4.78, 5) is 40.3. The molecule has 0 saturated carbocycles. The molecule has 0 aliphatic rings. The lowest BCUT2D eigenvalue weighted by atomic mass is 10.1. The molecule has 0 aromatic heterocycles. The van der Waals surface area contributed by atoms with E-state index in [9.17, 15) is 14.4 Å². The van der Waals surface area contributed by atoms with Crippen LogP contribution in [0.25, 0.3) is 0 Å². The third-order valence-electron chi connectivity index (χ3n) is 8.57. The first kappa shape index (κ1) is 41.2. The molecule has 0 unspecified atom stereocenters. The van der Waals surface area contributed by atoms with E-state index in [0.717, 1.165) is 5.56 Å². The van der Waals surface area contributed by atoms with Crippen LogP contribution in [-0.4, -0.2) is 42.2 Å². The number of amides is 3. The summed E-state index contributed by atoms with van der Waals surface area (Å²) in [6, 6.07) is 37.0. The first-order valence-corrected chi connectivity index (χ1v) is 19.7. The number of hydrogen-bond acceptors (Lipinski definition) is 9. The molecule has 3 amide bonds. The average molecular weight is 790 g/mol. The van der Waals surface area contributed by atoms with Crippen molar-refractivity contribution < 1.29 is 32.7 Å². The molecule has 14 nitrogen and oxygen atoms in total. The summed E-state index contributed by atoms with van der Waals surface area (Å²) in [5.41, 5.74) is 13.5. The van der Waals surface area contributed by atoms with Crippen molar-refractivity contribution in [3.8, 4) is 11.5 Å². The molecule has 5 rings (SSSR count). The Morgan fingerprint density at radius 1 is 0.632 bits per heavy atom. The number of nitrogens with two attached hydrogens (primary N) is 2. The molecule has 0 bridgehead atoms. The van der Waals surface area contributed by atoms with Crippen LogP contribution in [0.4, 0.5) is 4.79 Å². The highest BCUT2D eigenvalue weighted by molar-refractivity contribution is 7.55. The molecule has 57 heavy (non-hydrogen) atoms. The first-order valence-electron chi connectivity index (χ1n) is 18.0. The molecular formula is C42H44N7O7P. The molecule has 0 heterocycles. The van der Waals surface area contributed by atoms with Crippen LogP contribution in [0.1, 0.15) is 57.7 Å². The molecule has 5 aromatic carbocycles. The summed E-state index contributed by atoms with van der Waals surface area (Å²) in [5.74, 6) is -2.65. The number of amidine groups is 2. The number of hydrogen-bond donors (Lipinski definition) is 7. The minimum atomic E-state index is -4.43. The number of benzene rings is 5. The van der Waals surface area contributed by atoms with Gasteiger partial charge in [-0.25, -0.2) is 9.36 Å². The number of para-hydroxylation sites is 2. The maximum Gasteiger partial charge on any atom is 0.457 e. The second kappa shape index (κ2) is 20.1. The van der Waals surface area contributed by atoms with Crippen LogP contribution in [0, 0.1) is 10.8 Å². The van der Waals surface area contributed by atoms with E-state index in [1.807, 2.05) is 30.3 Å². The molecule has 0 aliphatic carbocycles. The van der Waals surface area contributed by atoms with Crippen LogP contribution in [0.3, 0.4) is 0 Å². The summed E-state index contributed by atoms with van der Waals surface area (Å²) in [6.07, 6.45) is 0.318. The van der Waals surface area contributed by atoms with Gasteiger partial charge >= 0.3 is 13.7 Å². The predicted molar refractivity (Wildman–Crippen MR) is 217 cm³/mol. The fourth-order valence-electron chi connectivity index (χ4n) is 5.56. The van der Waals surface area contributed by atoms with Gasteiger partial charge in [0.05, 0.1) is 0 Å². The summed E-state index contributed by atoms with van der Waals surface area (Å²) in [6.45, 7) is 0.345. The van der Waals surface area contributed by atoms with Gasteiger partial charge in [-0.3, -0.25) is 20.4 Å². The van der Waals surface area contributed by atoms with E-state index in [1.54, 1.807) is 84.9 Å². The molecule has 0 spiro atoms. The van der Waals surface area contributed by atoms with E-state index in [0.29, 0.717) is 29.5 Å².